The second-order valence-electron chi connectivity index (χ2n) is 5.38. The van der Waals surface area contributed by atoms with Crippen LogP contribution < -0.4 is 15.7 Å². The lowest BCUT2D eigenvalue weighted by atomic mass is 10.3. The number of anilines is 3. The Morgan fingerprint density at radius 3 is 1.69 bits per heavy atom. The summed E-state index contributed by atoms with van der Waals surface area (Å²) in [6, 6.07) is 7.72. The molecule has 2 N–H and O–H groups in total. The van der Waals surface area contributed by atoms with Crippen LogP contribution in [0.4, 0.5) is 17.8 Å². The molecule has 0 aliphatic carbocycles. The first kappa shape index (κ1) is 17.5. The third-order valence-electron chi connectivity index (χ3n) is 3.58. The molecule has 0 unspecified atom stereocenters. The summed E-state index contributed by atoms with van der Waals surface area (Å²) in [4.78, 5) is 26.4. The molecule has 0 aliphatic heterocycles. The van der Waals surface area contributed by atoms with Crippen LogP contribution in [0, 0.1) is 0 Å². The van der Waals surface area contributed by atoms with Gasteiger partial charge < -0.3 is 10.6 Å². The Bertz CT molecular complexity index is 754. The minimum absolute atomic E-state index is 0.400. The van der Waals surface area contributed by atoms with E-state index in [2.05, 4.69) is 35.6 Å². The van der Waals surface area contributed by atoms with Crippen LogP contribution in [0.3, 0.4) is 0 Å². The molecule has 9 heteroatoms. The fraction of sp³-hybridized carbons (Fsp3) is 0.235. The van der Waals surface area contributed by atoms with Crippen LogP contribution in [0.5, 0.6) is 0 Å². The lowest BCUT2D eigenvalue weighted by Gasteiger charge is -2.16. The molecule has 3 aromatic heterocycles. The van der Waals surface area contributed by atoms with E-state index >= 15 is 0 Å². The first-order chi connectivity index (χ1) is 12.7. The summed E-state index contributed by atoms with van der Waals surface area (Å²) in [5.41, 5.74) is 2.15. The molecule has 3 heterocycles. The second-order valence-corrected chi connectivity index (χ2v) is 5.38. The molecule has 0 amide bonds. The van der Waals surface area contributed by atoms with Crippen molar-refractivity contribution in [2.45, 2.75) is 13.1 Å². The number of hydrogen-bond donors (Lipinski definition) is 2. The normalized spacial score (nSPS) is 10.4. The van der Waals surface area contributed by atoms with Gasteiger partial charge >= 0.3 is 0 Å². The maximum absolute atomic E-state index is 5.18. The quantitative estimate of drug-likeness (QED) is 0.588. The molecule has 0 saturated carbocycles. The van der Waals surface area contributed by atoms with Gasteiger partial charge in [-0.15, -0.1) is 0 Å². The number of pyridine rings is 2. The van der Waals surface area contributed by atoms with Crippen molar-refractivity contribution >= 4 is 17.8 Å². The highest BCUT2D eigenvalue weighted by Gasteiger charge is 2.10. The van der Waals surface area contributed by atoms with E-state index in [1.54, 1.807) is 38.9 Å². The predicted molar refractivity (Wildman–Crippen MR) is 98.4 cm³/mol. The van der Waals surface area contributed by atoms with E-state index in [1.165, 1.54) is 5.06 Å². The first-order valence-corrected chi connectivity index (χ1v) is 8.04. The zero-order valence-electron chi connectivity index (χ0n) is 14.6. The van der Waals surface area contributed by atoms with Crippen molar-refractivity contribution < 1.29 is 4.84 Å². The average Bonchev–Trinajstić information content (AvgIpc) is 2.71. The lowest BCUT2D eigenvalue weighted by Crippen LogP contribution is -2.20. The van der Waals surface area contributed by atoms with Gasteiger partial charge in [0.2, 0.25) is 11.9 Å². The standard InChI is InChI=1S/C17H20N8O/c1-25(26-2)17-23-15(20-11-13-3-7-18-8-4-13)22-16(24-17)21-12-14-5-9-19-10-6-14/h3-10H,11-12H2,1-2H3,(H2,20,21,22,23,24). The Balaban J connectivity index is 1.74. The molecule has 26 heavy (non-hydrogen) atoms. The number of nitrogens with zero attached hydrogens (tertiary/aromatic N) is 6. The fourth-order valence-corrected chi connectivity index (χ4v) is 2.11. The summed E-state index contributed by atoms with van der Waals surface area (Å²) in [5.74, 6) is 1.30. The number of aromatic nitrogens is 5. The van der Waals surface area contributed by atoms with Gasteiger partial charge in [0.1, 0.15) is 0 Å². The molecular weight excluding hydrogens is 332 g/mol. The molecule has 0 spiro atoms. The fourth-order valence-electron chi connectivity index (χ4n) is 2.11. The van der Waals surface area contributed by atoms with Gasteiger partial charge in [-0.3, -0.25) is 14.8 Å². The topological polar surface area (TPSA) is 101 Å². The maximum atomic E-state index is 5.18. The Hall–Kier alpha value is -3.33. The Labute approximate surface area is 151 Å². The molecule has 0 aromatic carbocycles. The van der Waals surface area contributed by atoms with E-state index in [-0.39, 0.29) is 0 Å². The molecule has 134 valence electrons. The van der Waals surface area contributed by atoms with Gasteiger partial charge in [0.15, 0.2) is 0 Å². The van der Waals surface area contributed by atoms with Crippen molar-refractivity contribution in [2.75, 3.05) is 29.9 Å². The van der Waals surface area contributed by atoms with Crippen molar-refractivity contribution in [3.05, 3.63) is 60.2 Å². The zero-order chi connectivity index (χ0) is 18.2. The number of hydrogen-bond acceptors (Lipinski definition) is 9. The summed E-state index contributed by atoms with van der Waals surface area (Å²) in [5, 5.41) is 7.86. The third kappa shape index (κ3) is 4.84. The van der Waals surface area contributed by atoms with Gasteiger partial charge in [-0.2, -0.15) is 15.0 Å². The van der Waals surface area contributed by atoms with E-state index in [9.17, 15) is 0 Å². The third-order valence-corrected chi connectivity index (χ3v) is 3.58. The van der Waals surface area contributed by atoms with Gasteiger partial charge in [0.05, 0.1) is 7.11 Å². The highest BCUT2D eigenvalue weighted by Crippen LogP contribution is 2.14. The Morgan fingerprint density at radius 1 is 0.808 bits per heavy atom. The van der Waals surface area contributed by atoms with E-state index < -0.39 is 0 Å². The van der Waals surface area contributed by atoms with E-state index in [1.807, 2.05) is 24.3 Å². The van der Waals surface area contributed by atoms with Gasteiger partial charge in [0.25, 0.3) is 5.95 Å². The molecule has 0 fully saturated rings. The largest absolute Gasteiger partial charge is 0.350 e. The molecular formula is C17H20N8O. The van der Waals surface area contributed by atoms with Crippen LogP contribution in [0.2, 0.25) is 0 Å². The molecule has 3 rings (SSSR count). The van der Waals surface area contributed by atoms with E-state index in [0.717, 1.165) is 11.1 Å². The SMILES string of the molecule is CON(C)c1nc(NCc2ccncc2)nc(NCc2ccncc2)n1. The molecule has 0 atom stereocenters. The second kappa shape index (κ2) is 8.67. The summed E-state index contributed by atoms with van der Waals surface area (Å²) >= 11 is 0. The number of nitrogens with one attached hydrogen (secondary N) is 2. The summed E-state index contributed by atoms with van der Waals surface area (Å²) < 4.78 is 0. The summed E-state index contributed by atoms with van der Waals surface area (Å²) in [6.45, 7) is 1.15. The molecule has 3 aromatic rings. The van der Waals surface area contributed by atoms with Crippen molar-refractivity contribution in [2.24, 2.45) is 0 Å². The molecule has 0 saturated heterocycles. The maximum Gasteiger partial charge on any atom is 0.256 e. The summed E-state index contributed by atoms with van der Waals surface area (Å²) in [6.07, 6.45) is 6.99. The number of rotatable bonds is 8. The summed E-state index contributed by atoms with van der Waals surface area (Å²) in [7, 11) is 3.28. The van der Waals surface area contributed by atoms with E-state index in [4.69, 9.17) is 4.84 Å². The monoisotopic (exact) mass is 352 g/mol. The average molecular weight is 352 g/mol. The van der Waals surface area contributed by atoms with Crippen LogP contribution in [-0.4, -0.2) is 39.1 Å². The van der Waals surface area contributed by atoms with E-state index in [0.29, 0.717) is 30.9 Å². The van der Waals surface area contributed by atoms with Gasteiger partial charge in [-0.05, 0) is 35.4 Å². The van der Waals surface area contributed by atoms with Gasteiger partial charge in [-0.1, -0.05) is 0 Å². The first-order valence-electron chi connectivity index (χ1n) is 8.04. The molecule has 9 nitrogen and oxygen atoms in total. The van der Waals surface area contributed by atoms with Crippen molar-refractivity contribution in [1.82, 2.24) is 24.9 Å². The van der Waals surface area contributed by atoms with Crippen LogP contribution in [-0.2, 0) is 17.9 Å². The highest BCUT2D eigenvalue weighted by atomic mass is 16.7. The molecule has 0 aliphatic rings. The lowest BCUT2D eigenvalue weighted by molar-refractivity contribution is 0.180. The van der Waals surface area contributed by atoms with Crippen molar-refractivity contribution in [3.8, 4) is 0 Å². The van der Waals surface area contributed by atoms with Crippen LogP contribution in [0.25, 0.3) is 0 Å². The highest BCUT2D eigenvalue weighted by molar-refractivity contribution is 5.42. The minimum Gasteiger partial charge on any atom is -0.350 e. The molecule has 0 bridgehead atoms. The Kier molecular flexibility index (Phi) is 5.84. The number of hydroxylamine groups is 1. The van der Waals surface area contributed by atoms with Crippen LogP contribution >= 0.6 is 0 Å². The van der Waals surface area contributed by atoms with Crippen LogP contribution in [0.1, 0.15) is 11.1 Å². The predicted octanol–water partition coefficient (Wildman–Crippen LogP) is 1.88. The van der Waals surface area contributed by atoms with Crippen molar-refractivity contribution in [1.29, 1.82) is 0 Å². The zero-order valence-corrected chi connectivity index (χ0v) is 14.6. The van der Waals surface area contributed by atoms with Gasteiger partial charge in [0, 0.05) is 44.9 Å². The van der Waals surface area contributed by atoms with Crippen LogP contribution in [0.15, 0.2) is 49.1 Å². The van der Waals surface area contributed by atoms with Crippen molar-refractivity contribution in [3.63, 3.8) is 0 Å². The minimum atomic E-state index is 0.400. The Morgan fingerprint density at radius 2 is 1.27 bits per heavy atom. The van der Waals surface area contributed by atoms with Gasteiger partial charge in [-0.25, -0.2) is 5.06 Å². The smallest absolute Gasteiger partial charge is 0.256 e. The molecule has 0 radical (unpaired) electrons.